The lowest BCUT2D eigenvalue weighted by molar-refractivity contribution is -0.384. The van der Waals surface area contributed by atoms with Gasteiger partial charge >= 0.3 is 0 Å². The molecule has 120 valence electrons. The summed E-state index contributed by atoms with van der Waals surface area (Å²) in [6, 6.07) is 5.11. The summed E-state index contributed by atoms with van der Waals surface area (Å²) in [7, 11) is 0. The molecule has 0 bridgehead atoms. The van der Waals surface area contributed by atoms with E-state index in [1.807, 2.05) is 13.0 Å². The Labute approximate surface area is 129 Å². The molecular formula is C15H22N4O3. The van der Waals surface area contributed by atoms with Gasteiger partial charge in [0, 0.05) is 25.7 Å². The predicted molar refractivity (Wildman–Crippen MR) is 84.9 cm³/mol. The molecule has 22 heavy (non-hydrogen) atoms. The second kappa shape index (κ2) is 7.74. The van der Waals surface area contributed by atoms with Crippen molar-refractivity contribution in [3.8, 4) is 0 Å². The van der Waals surface area contributed by atoms with Gasteiger partial charge in [0.1, 0.15) is 5.69 Å². The average molecular weight is 306 g/mol. The molecule has 0 saturated carbocycles. The number of carbonyl (C=O) groups excluding carboxylic acids is 1. The molecule has 1 heterocycles. The molecule has 1 aliphatic rings. The van der Waals surface area contributed by atoms with E-state index in [2.05, 4.69) is 16.0 Å². The van der Waals surface area contributed by atoms with E-state index in [0.29, 0.717) is 18.8 Å². The Balaban J connectivity index is 1.72. The maximum atomic E-state index is 11.8. The normalized spacial score (nSPS) is 17.2. The van der Waals surface area contributed by atoms with Gasteiger partial charge in [-0.2, -0.15) is 0 Å². The van der Waals surface area contributed by atoms with Crippen LogP contribution < -0.4 is 16.0 Å². The number of rotatable bonds is 7. The fourth-order valence-corrected chi connectivity index (χ4v) is 2.49. The number of hydrogen-bond donors (Lipinski definition) is 3. The summed E-state index contributed by atoms with van der Waals surface area (Å²) in [5.74, 6) is 0.164. The zero-order valence-electron chi connectivity index (χ0n) is 12.7. The fraction of sp³-hybridized carbons (Fsp3) is 0.533. The second-order valence-corrected chi connectivity index (χ2v) is 5.54. The third-order valence-corrected chi connectivity index (χ3v) is 3.75. The van der Waals surface area contributed by atoms with E-state index in [0.717, 1.165) is 31.5 Å². The maximum absolute atomic E-state index is 11.8. The Bertz CT molecular complexity index is 542. The van der Waals surface area contributed by atoms with Crippen molar-refractivity contribution in [1.29, 1.82) is 0 Å². The molecule has 3 N–H and O–H groups in total. The number of nitro groups is 1. The largest absolute Gasteiger partial charge is 0.379 e. The van der Waals surface area contributed by atoms with Crippen LogP contribution in [0.15, 0.2) is 18.2 Å². The van der Waals surface area contributed by atoms with Crippen LogP contribution in [0.4, 0.5) is 11.4 Å². The second-order valence-electron chi connectivity index (χ2n) is 5.54. The van der Waals surface area contributed by atoms with Gasteiger partial charge in [0.25, 0.3) is 5.69 Å². The van der Waals surface area contributed by atoms with Crippen molar-refractivity contribution in [2.45, 2.75) is 19.8 Å². The number of nitro benzene ring substituents is 1. The molecule has 0 spiro atoms. The van der Waals surface area contributed by atoms with Gasteiger partial charge in [-0.15, -0.1) is 0 Å². The van der Waals surface area contributed by atoms with Crippen molar-refractivity contribution in [1.82, 2.24) is 10.6 Å². The van der Waals surface area contributed by atoms with Crippen LogP contribution in [0.2, 0.25) is 0 Å². The van der Waals surface area contributed by atoms with Crippen LogP contribution in [0, 0.1) is 23.0 Å². The summed E-state index contributed by atoms with van der Waals surface area (Å²) in [4.78, 5) is 22.4. The van der Waals surface area contributed by atoms with Crippen molar-refractivity contribution in [2.24, 2.45) is 5.92 Å². The molecule has 0 aliphatic carbocycles. The number of hydrogen-bond acceptors (Lipinski definition) is 5. The molecule has 2 rings (SSSR count). The first-order chi connectivity index (χ1) is 10.6. The minimum atomic E-state index is -0.385. The summed E-state index contributed by atoms with van der Waals surface area (Å²) in [6.07, 6.45) is 1.61. The highest BCUT2D eigenvalue weighted by Gasteiger charge is 2.21. The Morgan fingerprint density at radius 3 is 2.95 bits per heavy atom. The van der Waals surface area contributed by atoms with Gasteiger partial charge in [-0.25, -0.2) is 0 Å². The molecule has 1 atom stereocenters. The number of amides is 1. The van der Waals surface area contributed by atoms with Crippen molar-refractivity contribution in [3.05, 3.63) is 33.9 Å². The minimum Gasteiger partial charge on any atom is -0.379 e. The van der Waals surface area contributed by atoms with Gasteiger partial charge in [-0.1, -0.05) is 6.07 Å². The Morgan fingerprint density at radius 2 is 2.27 bits per heavy atom. The van der Waals surface area contributed by atoms with Crippen LogP contribution in [0.25, 0.3) is 0 Å². The highest BCUT2D eigenvalue weighted by molar-refractivity contribution is 5.79. The number of anilines is 1. The molecule has 1 unspecified atom stereocenters. The van der Waals surface area contributed by atoms with Crippen molar-refractivity contribution < 1.29 is 9.72 Å². The van der Waals surface area contributed by atoms with Gasteiger partial charge in [0.15, 0.2) is 0 Å². The van der Waals surface area contributed by atoms with E-state index in [9.17, 15) is 14.9 Å². The first-order valence-corrected chi connectivity index (χ1v) is 7.55. The molecule has 1 saturated heterocycles. The van der Waals surface area contributed by atoms with Crippen molar-refractivity contribution >= 4 is 17.3 Å². The minimum absolute atomic E-state index is 0.0751. The molecular weight excluding hydrogens is 284 g/mol. The molecule has 1 fully saturated rings. The van der Waals surface area contributed by atoms with Crippen LogP contribution in [-0.2, 0) is 4.79 Å². The number of benzene rings is 1. The average Bonchev–Trinajstić information content (AvgIpc) is 3.02. The highest BCUT2D eigenvalue weighted by atomic mass is 16.6. The Hall–Kier alpha value is -2.15. The summed E-state index contributed by atoms with van der Waals surface area (Å²) in [5.41, 5.74) is 1.46. The van der Waals surface area contributed by atoms with Crippen LogP contribution in [0.1, 0.15) is 18.4 Å². The zero-order valence-corrected chi connectivity index (χ0v) is 12.7. The number of aryl methyl sites for hydroxylation is 1. The first-order valence-electron chi connectivity index (χ1n) is 7.55. The summed E-state index contributed by atoms with van der Waals surface area (Å²) in [6.45, 7) is 4.62. The van der Waals surface area contributed by atoms with E-state index in [1.54, 1.807) is 12.1 Å². The summed E-state index contributed by atoms with van der Waals surface area (Å²) < 4.78 is 0. The Morgan fingerprint density at radius 1 is 1.45 bits per heavy atom. The maximum Gasteiger partial charge on any atom is 0.292 e. The van der Waals surface area contributed by atoms with Crippen molar-refractivity contribution in [3.63, 3.8) is 0 Å². The number of nitrogens with zero attached hydrogens (tertiary/aromatic N) is 1. The van der Waals surface area contributed by atoms with E-state index in [-0.39, 0.29) is 22.4 Å². The quantitative estimate of drug-likeness (QED) is 0.402. The molecule has 1 aromatic rings. The summed E-state index contributed by atoms with van der Waals surface area (Å²) in [5, 5.41) is 20.1. The number of nitrogens with one attached hydrogen (secondary N) is 3. The summed E-state index contributed by atoms with van der Waals surface area (Å²) >= 11 is 0. The predicted octanol–water partition coefficient (Wildman–Crippen LogP) is 1.43. The number of carbonyl (C=O) groups is 1. The lowest BCUT2D eigenvalue weighted by Gasteiger charge is -2.11. The molecule has 7 nitrogen and oxygen atoms in total. The van der Waals surface area contributed by atoms with Gasteiger partial charge < -0.3 is 16.0 Å². The molecule has 1 amide bonds. The van der Waals surface area contributed by atoms with Crippen LogP contribution in [0.3, 0.4) is 0 Å². The molecule has 0 aromatic heterocycles. The zero-order chi connectivity index (χ0) is 15.9. The van der Waals surface area contributed by atoms with Gasteiger partial charge in [0.2, 0.25) is 5.91 Å². The van der Waals surface area contributed by atoms with Crippen molar-refractivity contribution in [2.75, 3.05) is 31.5 Å². The van der Waals surface area contributed by atoms with Crippen LogP contribution in [0.5, 0.6) is 0 Å². The van der Waals surface area contributed by atoms with Crippen LogP contribution in [-0.4, -0.2) is 37.0 Å². The Kier molecular flexibility index (Phi) is 5.71. The van der Waals surface area contributed by atoms with E-state index in [4.69, 9.17) is 0 Å². The molecule has 7 heteroatoms. The molecule has 1 aliphatic heterocycles. The third kappa shape index (κ3) is 4.42. The standard InChI is InChI=1S/C15H22N4O3/c1-11-3-4-13(14(9-11)19(21)22)17-6-2-7-18-15(20)12-5-8-16-10-12/h3-4,9,12,16-17H,2,5-8,10H2,1H3,(H,18,20). The van der Waals surface area contributed by atoms with E-state index < -0.39 is 0 Å². The van der Waals surface area contributed by atoms with Crippen LogP contribution >= 0.6 is 0 Å². The lowest BCUT2D eigenvalue weighted by atomic mass is 10.1. The third-order valence-electron chi connectivity index (χ3n) is 3.75. The van der Waals surface area contributed by atoms with Gasteiger partial charge in [-0.3, -0.25) is 14.9 Å². The highest BCUT2D eigenvalue weighted by Crippen LogP contribution is 2.25. The SMILES string of the molecule is Cc1ccc(NCCCNC(=O)C2CCNC2)c([N+](=O)[O-])c1. The first kappa shape index (κ1) is 16.2. The van der Waals surface area contributed by atoms with E-state index in [1.165, 1.54) is 0 Å². The fourth-order valence-electron chi connectivity index (χ4n) is 2.49. The lowest BCUT2D eigenvalue weighted by Crippen LogP contribution is -2.33. The monoisotopic (exact) mass is 306 g/mol. The van der Waals surface area contributed by atoms with Gasteiger partial charge in [0.05, 0.1) is 10.8 Å². The topological polar surface area (TPSA) is 96.3 Å². The van der Waals surface area contributed by atoms with E-state index >= 15 is 0 Å². The molecule has 0 radical (unpaired) electrons. The smallest absolute Gasteiger partial charge is 0.292 e. The van der Waals surface area contributed by atoms with Gasteiger partial charge in [-0.05, 0) is 37.9 Å². The molecule has 1 aromatic carbocycles.